The Labute approximate surface area is 288 Å². The lowest BCUT2D eigenvalue weighted by molar-refractivity contribution is -0.120. The van der Waals surface area contributed by atoms with Crippen LogP contribution in [0.2, 0.25) is 10.0 Å². The predicted molar refractivity (Wildman–Crippen MR) is 183 cm³/mol. The first-order chi connectivity index (χ1) is 23.3. The van der Waals surface area contributed by atoms with Crippen LogP contribution in [0, 0.1) is 0 Å². The first-order valence-electron chi connectivity index (χ1n) is 15.7. The smallest absolute Gasteiger partial charge is 0.237 e. The van der Waals surface area contributed by atoms with E-state index in [2.05, 4.69) is 31.2 Å². The number of nitrogens with one attached hydrogen (secondary N) is 4. The van der Waals surface area contributed by atoms with Crippen LogP contribution < -0.4 is 30.7 Å². The van der Waals surface area contributed by atoms with Gasteiger partial charge in [0.05, 0.1) is 48.0 Å². The van der Waals surface area contributed by atoms with E-state index >= 15 is 0 Å². The fraction of sp³-hybridized carbons (Fsp3) is 0.353. The molecule has 2 amide bonds. The molecule has 0 radical (unpaired) electrons. The molecule has 0 bridgehead atoms. The molecule has 48 heavy (non-hydrogen) atoms. The van der Waals surface area contributed by atoms with Gasteiger partial charge >= 0.3 is 0 Å². The van der Waals surface area contributed by atoms with E-state index in [9.17, 15) is 9.59 Å². The zero-order chi connectivity index (χ0) is 33.6. The summed E-state index contributed by atoms with van der Waals surface area (Å²) < 4.78 is 11.1. The van der Waals surface area contributed by atoms with E-state index in [0.717, 1.165) is 12.8 Å². The van der Waals surface area contributed by atoms with Gasteiger partial charge in [-0.25, -0.2) is 9.97 Å². The van der Waals surface area contributed by atoms with E-state index < -0.39 is 0 Å². The summed E-state index contributed by atoms with van der Waals surface area (Å²) in [6, 6.07) is 11.5. The maximum atomic E-state index is 11.5. The van der Waals surface area contributed by atoms with Crippen LogP contribution in [0.3, 0.4) is 0 Å². The number of nitrogens with zero attached hydrogens (tertiary/aromatic N) is 4. The van der Waals surface area contributed by atoms with Crippen molar-refractivity contribution < 1.29 is 19.1 Å². The van der Waals surface area contributed by atoms with Gasteiger partial charge in [-0.15, -0.1) is 0 Å². The zero-order valence-electron chi connectivity index (χ0n) is 26.6. The van der Waals surface area contributed by atoms with Crippen LogP contribution in [0.5, 0.6) is 11.8 Å². The minimum Gasteiger partial charge on any atom is -0.480 e. The Morgan fingerprint density at radius 3 is 1.50 bits per heavy atom. The fourth-order valence-electron chi connectivity index (χ4n) is 5.89. The number of carbonyl (C=O) groups is 2. The first kappa shape index (κ1) is 33.5. The Morgan fingerprint density at radius 1 is 0.708 bits per heavy atom. The van der Waals surface area contributed by atoms with Crippen molar-refractivity contribution in [2.24, 2.45) is 0 Å². The molecular formula is C34H36Cl2N8O4. The summed E-state index contributed by atoms with van der Waals surface area (Å²) in [5, 5.41) is 13.5. The van der Waals surface area contributed by atoms with Gasteiger partial charge in [-0.2, -0.15) is 0 Å². The van der Waals surface area contributed by atoms with Crippen molar-refractivity contribution in [3.8, 4) is 45.4 Å². The van der Waals surface area contributed by atoms with Crippen molar-refractivity contribution in [2.45, 2.75) is 50.9 Å². The molecule has 4 N–H and O–H groups in total. The third-order valence-electron chi connectivity index (χ3n) is 8.39. The Balaban J connectivity index is 1.20. The van der Waals surface area contributed by atoms with Crippen molar-refractivity contribution in [1.82, 2.24) is 41.2 Å². The number of ether oxygens (including phenoxy) is 2. The molecular weight excluding hydrogens is 655 g/mol. The molecule has 2 saturated heterocycles. The van der Waals surface area contributed by atoms with Crippen LogP contribution in [0.1, 0.15) is 37.1 Å². The van der Waals surface area contributed by atoms with Gasteiger partial charge in [0.2, 0.25) is 23.6 Å². The molecule has 0 saturated carbocycles. The molecule has 0 aliphatic carbocycles. The fourth-order valence-corrected chi connectivity index (χ4v) is 6.54. The molecule has 2 aromatic carbocycles. The zero-order valence-corrected chi connectivity index (χ0v) is 28.1. The summed E-state index contributed by atoms with van der Waals surface area (Å²) in [6.07, 6.45) is 6.07. The summed E-state index contributed by atoms with van der Waals surface area (Å²) in [7, 11) is 3.10. The SMILES string of the molecule is COc1nc(-c2cccc(-c3cccc(-c4cnc(CNC[C@H]5CCC(=O)N5)c(OC)n4)c3Cl)c2Cl)cnc1CNC[C@H]1CCC(=O)N1. The number of aromatic nitrogens is 4. The maximum Gasteiger partial charge on any atom is 0.237 e. The lowest BCUT2D eigenvalue weighted by atomic mass is 9.98. The lowest BCUT2D eigenvalue weighted by Gasteiger charge is -2.15. The maximum absolute atomic E-state index is 11.5. The quantitative estimate of drug-likeness (QED) is 0.160. The van der Waals surface area contributed by atoms with Crippen molar-refractivity contribution in [1.29, 1.82) is 0 Å². The van der Waals surface area contributed by atoms with E-state index in [1.165, 1.54) is 0 Å². The third-order valence-corrected chi connectivity index (χ3v) is 9.20. The van der Waals surface area contributed by atoms with E-state index in [1.54, 1.807) is 26.6 Å². The van der Waals surface area contributed by atoms with Crippen LogP contribution in [-0.4, -0.2) is 71.1 Å². The van der Waals surface area contributed by atoms with E-state index in [-0.39, 0.29) is 23.9 Å². The monoisotopic (exact) mass is 690 g/mol. The molecule has 2 fully saturated rings. The number of hydrogen-bond acceptors (Lipinski definition) is 10. The van der Waals surface area contributed by atoms with Gasteiger partial charge < -0.3 is 30.7 Å². The second-order valence-electron chi connectivity index (χ2n) is 11.6. The number of hydrogen-bond donors (Lipinski definition) is 4. The first-order valence-corrected chi connectivity index (χ1v) is 16.5. The molecule has 2 atom stereocenters. The molecule has 2 aliphatic rings. The van der Waals surface area contributed by atoms with Gasteiger partial charge in [0.15, 0.2) is 0 Å². The number of halogens is 2. The van der Waals surface area contributed by atoms with Gasteiger partial charge in [-0.1, -0.05) is 59.6 Å². The lowest BCUT2D eigenvalue weighted by Crippen LogP contribution is -2.35. The number of amides is 2. The van der Waals surface area contributed by atoms with Gasteiger partial charge in [0.1, 0.15) is 11.4 Å². The number of methoxy groups -OCH3 is 2. The van der Waals surface area contributed by atoms with Gasteiger partial charge in [-0.3, -0.25) is 19.6 Å². The van der Waals surface area contributed by atoms with Crippen LogP contribution >= 0.6 is 23.2 Å². The van der Waals surface area contributed by atoms with Gasteiger partial charge in [0.25, 0.3) is 0 Å². The average Bonchev–Trinajstić information content (AvgIpc) is 3.72. The highest BCUT2D eigenvalue weighted by molar-refractivity contribution is 6.39. The second kappa shape index (κ2) is 15.2. The molecule has 0 spiro atoms. The van der Waals surface area contributed by atoms with Crippen LogP contribution in [0.15, 0.2) is 48.8 Å². The highest BCUT2D eigenvalue weighted by Crippen LogP contribution is 2.42. The van der Waals surface area contributed by atoms with Crippen molar-refractivity contribution in [2.75, 3.05) is 27.3 Å². The minimum absolute atomic E-state index is 0.0799. The Bertz CT molecular complexity index is 1690. The highest BCUT2D eigenvalue weighted by atomic mass is 35.5. The molecule has 2 aliphatic heterocycles. The van der Waals surface area contributed by atoms with E-state index in [0.29, 0.717) is 106 Å². The van der Waals surface area contributed by atoms with Gasteiger partial charge in [-0.05, 0) is 12.8 Å². The Kier molecular flexibility index (Phi) is 10.7. The molecule has 4 heterocycles. The number of carbonyl (C=O) groups excluding carboxylic acids is 2. The second-order valence-corrected chi connectivity index (χ2v) is 12.4. The van der Waals surface area contributed by atoms with E-state index in [1.807, 2.05) is 36.4 Å². The summed E-state index contributed by atoms with van der Waals surface area (Å²) in [4.78, 5) is 41.6. The van der Waals surface area contributed by atoms with Crippen molar-refractivity contribution in [3.05, 3.63) is 70.2 Å². The Hall–Kier alpha value is -4.36. The van der Waals surface area contributed by atoms with Crippen molar-refractivity contribution >= 4 is 35.0 Å². The summed E-state index contributed by atoms with van der Waals surface area (Å²) >= 11 is 14.1. The molecule has 250 valence electrons. The standard InChI is InChI=1S/C34H36Cl2N8O4/c1-47-33-27(15-37-13-19-9-11-29(45)41-19)39-17-25(43-33)23-7-3-5-21(31(23)35)22-6-4-8-24(32(22)36)26-18-40-28(34(44-26)48-2)16-38-14-20-10-12-30(46)42-20/h3-8,17-20,37-38H,9-16H2,1-2H3,(H,41,45)(H,42,46)/t19-,20-/m1/s1. The van der Waals surface area contributed by atoms with Crippen molar-refractivity contribution in [3.63, 3.8) is 0 Å². The minimum atomic E-state index is 0.0799. The highest BCUT2D eigenvalue weighted by Gasteiger charge is 2.23. The molecule has 2 aromatic heterocycles. The van der Waals surface area contributed by atoms with E-state index in [4.69, 9.17) is 42.6 Å². The van der Waals surface area contributed by atoms with Crippen LogP contribution in [-0.2, 0) is 22.7 Å². The molecule has 14 heteroatoms. The Morgan fingerprint density at radius 2 is 1.12 bits per heavy atom. The normalized spacial score (nSPS) is 17.3. The van der Waals surface area contributed by atoms with Crippen LogP contribution in [0.25, 0.3) is 33.6 Å². The summed E-state index contributed by atoms with van der Waals surface area (Å²) in [5.74, 6) is 0.925. The van der Waals surface area contributed by atoms with Crippen LogP contribution in [0.4, 0.5) is 0 Å². The molecule has 0 unspecified atom stereocenters. The molecule has 6 rings (SSSR count). The number of rotatable bonds is 13. The largest absolute Gasteiger partial charge is 0.480 e. The summed E-state index contributed by atoms with van der Waals surface area (Å²) in [6.45, 7) is 2.14. The van der Waals surface area contributed by atoms with Gasteiger partial charge in [0, 0.05) is 73.4 Å². The third kappa shape index (κ3) is 7.52. The topological polar surface area (TPSA) is 152 Å². The summed E-state index contributed by atoms with van der Waals surface area (Å²) in [5.41, 5.74) is 5.16. The molecule has 4 aromatic rings. The molecule has 12 nitrogen and oxygen atoms in total. The predicted octanol–water partition coefficient (Wildman–Crippen LogP) is 4.33. The number of benzene rings is 2. The average molecular weight is 692 g/mol.